The smallest absolute Gasteiger partial charge is 0.146 e. The highest BCUT2D eigenvalue weighted by atomic mass is 19.1. The normalized spacial score (nSPS) is 20.4. The first-order chi connectivity index (χ1) is 7.74. The molecule has 1 aromatic rings. The number of halogens is 1. The van der Waals surface area contributed by atoms with E-state index in [-0.39, 0.29) is 5.82 Å². The van der Waals surface area contributed by atoms with Crippen molar-refractivity contribution in [2.75, 3.05) is 18.0 Å². The molecule has 0 saturated carbocycles. The lowest BCUT2D eigenvalue weighted by Gasteiger charge is -2.19. The summed E-state index contributed by atoms with van der Waals surface area (Å²) in [6.07, 6.45) is 2.35. The first-order valence-electron chi connectivity index (χ1n) is 5.98. The molecule has 0 bridgehead atoms. The predicted molar refractivity (Wildman–Crippen MR) is 64.9 cm³/mol. The molecule has 1 fully saturated rings. The molecule has 0 aromatic heterocycles. The van der Waals surface area contributed by atoms with E-state index in [0.29, 0.717) is 12.5 Å². The van der Waals surface area contributed by atoms with Gasteiger partial charge in [0.1, 0.15) is 5.82 Å². The molecule has 1 aromatic carbocycles. The van der Waals surface area contributed by atoms with Crippen molar-refractivity contribution in [3.05, 3.63) is 29.6 Å². The van der Waals surface area contributed by atoms with Crippen LogP contribution in [0.3, 0.4) is 0 Å². The van der Waals surface area contributed by atoms with Gasteiger partial charge in [-0.15, -0.1) is 0 Å². The Labute approximate surface area is 96.2 Å². The fourth-order valence-electron chi connectivity index (χ4n) is 2.32. The van der Waals surface area contributed by atoms with Crippen LogP contribution in [0.2, 0.25) is 0 Å². The molecule has 88 valence electrons. The summed E-state index contributed by atoms with van der Waals surface area (Å²) in [7, 11) is 0. The van der Waals surface area contributed by atoms with Crippen molar-refractivity contribution in [3.8, 4) is 0 Å². The van der Waals surface area contributed by atoms with Crippen LogP contribution in [0.15, 0.2) is 18.2 Å². The van der Waals surface area contributed by atoms with Gasteiger partial charge in [-0.05, 0) is 30.0 Å². The average Bonchev–Trinajstić information content (AvgIpc) is 2.77. The van der Waals surface area contributed by atoms with Gasteiger partial charge in [0.2, 0.25) is 0 Å². The summed E-state index contributed by atoms with van der Waals surface area (Å²) in [5.74, 6) is 0.577. The number of benzene rings is 1. The largest absolute Gasteiger partial charge is 0.369 e. The van der Waals surface area contributed by atoms with Gasteiger partial charge < -0.3 is 10.6 Å². The lowest BCUT2D eigenvalue weighted by molar-refractivity contribution is 0.567. The van der Waals surface area contributed by atoms with Crippen molar-refractivity contribution < 1.29 is 4.39 Å². The number of nitrogens with zero attached hydrogens (tertiary/aromatic N) is 1. The van der Waals surface area contributed by atoms with Crippen LogP contribution in [0.4, 0.5) is 10.1 Å². The van der Waals surface area contributed by atoms with Gasteiger partial charge >= 0.3 is 0 Å². The van der Waals surface area contributed by atoms with Crippen LogP contribution >= 0.6 is 0 Å². The zero-order valence-corrected chi connectivity index (χ0v) is 9.75. The third-order valence-corrected chi connectivity index (χ3v) is 3.45. The number of rotatable bonds is 3. The summed E-state index contributed by atoms with van der Waals surface area (Å²) >= 11 is 0. The fourth-order valence-corrected chi connectivity index (χ4v) is 2.32. The number of hydrogen-bond donors (Lipinski definition) is 1. The standard InChI is InChI=1S/C13H19FN2/c1-2-10-5-6-16(9-10)13-4-3-11(8-15)7-12(13)14/h3-4,7,10H,2,5-6,8-9,15H2,1H3. The van der Waals surface area contributed by atoms with Crippen molar-refractivity contribution in [1.82, 2.24) is 0 Å². The second-order valence-corrected chi connectivity index (χ2v) is 4.50. The van der Waals surface area contributed by atoms with Crippen LogP contribution < -0.4 is 10.6 Å². The van der Waals surface area contributed by atoms with E-state index in [1.54, 1.807) is 6.07 Å². The fraction of sp³-hybridized carbons (Fsp3) is 0.538. The summed E-state index contributed by atoms with van der Waals surface area (Å²) in [5, 5.41) is 0. The van der Waals surface area contributed by atoms with Gasteiger partial charge in [-0.3, -0.25) is 0 Å². The Hall–Kier alpha value is -1.09. The Balaban J connectivity index is 2.15. The molecule has 16 heavy (non-hydrogen) atoms. The van der Waals surface area contributed by atoms with Gasteiger partial charge in [0.25, 0.3) is 0 Å². The highest BCUT2D eigenvalue weighted by Gasteiger charge is 2.22. The quantitative estimate of drug-likeness (QED) is 0.851. The van der Waals surface area contributed by atoms with Gasteiger partial charge in [0, 0.05) is 19.6 Å². The van der Waals surface area contributed by atoms with E-state index in [9.17, 15) is 4.39 Å². The third kappa shape index (κ3) is 2.19. The monoisotopic (exact) mass is 222 g/mol. The highest BCUT2D eigenvalue weighted by molar-refractivity contribution is 5.50. The van der Waals surface area contributed by atoms with E-state index in [0.717, 1.165) is 24.3 Å². The number of hydrogen-bond acceptors (Lipinski definition) is 2. The maximum absolute atomic E-state index is 13.8. The first kappa shape index (κ1) is 11.4. The minimum atomic E-state index is -0.139. The molecule has 1 heterocycles. The van der Waals surface area contributed by atoms with E-state index in [4.69, 9.17) is 5.73 Å². The molecular weight excluding hydrogens is 203 g/mol. The maximum atomic E-state index is 13.8. The van der Waals surface area contributed by atoms with Crippen molar-refractivity contribution in [1.29, 1.82) is 0 Å². The highest BCUT2D eigenvalue weighted by Crippen LogP contribution is 2.28. The zero-order chi connectivity index (χ0) is 11.5. The second kappa shape index (κ2) is 4.83. The van der Waals surface area contributed by atoms with Crippen LogP contribution in [0.25, 0.3) is 0 Å². The van der Waals surface area contributed by atoms with Crippen molar-refractivity contribution in [2.24, 2.45) is 11.7 Å². The maximum Gasteiger partial charge on any atom is 0.146 e. The molecular formula is C13H19FN2. The second-order valence-electron chi connectivity index (χ2n) is 4.50. The minimum Gasteiger partial charge on any atom is -0.369 e. The lowest BCUT2D eigenvalue weighted by atomic mass is 10.1. The summed E-state index contributed by atoms with van der Waals surface area (Å²) in [4.78, 5) is 2.14. The van der Waals surface area contributed by atoms with Crippen molar-refractivity contribution in [3.63, 3.8) is 0 Å². The first-order valence-corrected chi connectivity index (χ1v) is 5.98. The molecule has 1 saturated heterocycles. The van der Waals surface area contributed by atoms with Crippen LogP contribution in [-0.2, 0) is 6.54 Å². The molecule has 1 aliphatic rings. The van der Waals surface area contributed by atoms with Gasteiger partial charge in [0.05, 0.1) is 5.69 Å². The third-order valence-electron chi connectivity index (χ3n) is 3.45. The predicted octanol–water partition coefficient (Wildman–Crippen LogP) is 2.52. The average molecular weight is 222 g/mol. The molecule has 0 aliphatic carbocycles. The Morgan fingerprint density at radius 1 is 1.50 bits per heavy atom. The molecule has 1 aliphatic heterocycles. The van der Waals surface area contributed by atoms with E-state index in [1.807, 2.05) is 12.1 Å². The minimum absolute atomic E-state index is 0.139. The molecule has 1 atom stereocenters. The van der Waals surface area contributed by atoms with E-state index < -0.39 is 0 Å². The van der Waals surface area contributed by atoms with Crippen LogP contribution in [0.5, 0.6) is 0 Å². The van der Waals surface area contributed by atoms with Gasteiger partial charge in [0.15, 0.2) is 0 Å². The molecule has 2 nitrogen and oxygen atoms in total. The molecule has 0 amide bonds. The summed E-state index contributed by atoms with van der Waals surface area (Å²) in [6.45, 7) is 4.55. The number of nitrogens with two attached hydrogens (primary N) is 1. The Morgan fingerprint density at radius 3 is 2.88 bits per heavy atom. The van der Waals surface area contributed by atoms with Gasteiger partial charge in [-0.2, -0.15) is 0 Å². The zero-order valence-electron chi connectivity index (χ0n) is 9.75. The summed E-state index contributed by atoms with van der Waals surface area (Å²) < 4.78 is 13.8. The number of anilines is 1. The molecule has 2 rings (SSSR count). The molecule has 0 radical (unpaired) electrons. The van der Waals surface area contributed by atoms with Crippen molar-refractivity contribution in [2.45, 2.75) is 26.3 Å². The summed E-state index contributed by atoms with van der Waals surface area (Å²) in [5.41, 5.74) is 7.07. The Bertz CT molecular complexity index is 365. The topological polar surface area (TPSA) is 29.3 Å². The van der Waals surface area contributed by atoms with E-state index in [1.165, 1.54) is 12.8 Å². The van der Waals surface area contributed by atoms with Crippen molar-refractivity contribution >= 4 is 5.69 Å². The van der Waals surface area contributed by atoms with Crippen LogP contribution in [-0.4, -0.2) is 13.1 Å². The lowest BCUT2D eigenvalue weighted by Crippen LogP contribution is -2.20. The SMILES string of the molecule is CCC1CCN(c2ccc(CN)cc2F)C1. The van der Waals surface area contributed by atoms with E-state index in [2.05, 4.69) is 11.8 Å². The molecule has 0 spiro atoms. The van der Waals surface area contributed by atoms with Gasteiger partial charge in [-0.1, -0.05) is 19.4 Å². The molecule has 3 heteroatoms. The summed E-state index contributed by atoms with van der Waals surface area (Å²) in [6, 6.07) is 5.32. The van der Waals surface area contributed by atoms with E-state index >= 15 is 0 Å². The van der Waals surface area contributed by atoms with Crippen LogP contribution in [0.1, 0.15) is 25.3 Å². The van der Waals surface area contributed by atoms with Crippen LogP contribution in [0, 0.1) is 11.7 Å². The van der Waals surface area contributed by atoms with Gasteiger partial charge in [-0.25, -0.2) is 4.39 Å². The molecule has 1 unspecified atom stereocenters. The molecule has 2 N–H and O–H groups in total. The Morgan fingerprint density at radius 2 is 2.31 bits per heavy atom. The Kier molecular flexibility index (Phi) is 3.44.